The van der Waals surface area contributed by atoms with Gasteiger partial charge in [0.15, 0.2) is 5.82 Å². The van der Waals surface area contributed by atoms with Gasteiger partial charge in [-0.1, -0.05) is 152 Å². The second-order valence-corrected chi connectivity index (χ2v) is 14.7. The first kappa shape index (κ1) is 31.4. The lowest BCUT2D eigenvalue weighted by Crippen LogP contribution is -2.22. The minimum Gasteiger partial charge on any atom is -0.456 e. The zero-order valence-corrected chi connectivity index (χ0v) is 30.2. The van der Waals surface area contributed by atoms with Crippen molar-refractivity contribution in [2.24, 2.45) is 0 Å². The monoisotopic (exact) mass is 702 g/mol. The van der Waals surface area contributed by atoms with Crippen LogP contribution in [0.1, 0.15) is 23.6 Å². The lowest BCUT2D eigenvalue weighted by atomic mass is 9.74. The van der Waals surface area contributed by atoms with Crippen molar-refractivity contribution >= 4 is 32.7 Å². The summed E-state index contributed by atoms with van der Waals surface area (Å²) in [5.74, 6) is 0.700. The molecule has 3 heteroatoms. The van der Waals surface area contributed by atoms with Crippen LogP contribution in [0.25, 0.3) is 88.9 Å². The van der Waals surface area contributed by atoms with Crippen molar-refractivity contribution in [2.75, 3.05) is 0 Å². The molecule has 10 aromatic rings. The van der Waals surface area contributed by atoms with Gasteiger partial charge >= 0.3 is 0 Å². The van der Waals surface area contributed by atoms with E-state index in [0.29, 0.717) is 5.82 Å². The van der Waals surface area contributed by atoms with Crippen molar-refractivity contribution in [3.05, 3.63) is 205 Å². The van der Waals surface area contributed by atoms with Crippen molar-refractivity contribution in [3.8, 4) is 56.2 Å². The third-order valence-electron chi connectivity index (χ3n) is 11.6. The van der Waals surface area contributed by atoms with Crippen molar-refractivity contribution in [1.29, 1.82) is 0 Å². The fraction of sp³-hybridized carbons (Fsp3) is 0.0385. The summed E-state index contributed by atoms with van der Waals surface area (Å²) in [5, 5.41) is 4.68. The first-order chi connectivity index (χ1) is 27.1. The van der Waals surface area contributed by atoms with Crippen LogP contribution in [-0.4, -0.2) is 9.97 Å². The average molecular weight is 703 g/mol. The summed E-state index contributed by atoms with van der Waals surface area (Å²) in [7, 11) is 0. The molecule has 2 aromatic heterocycles. The maximum absolute atomic E-state index is 6.32. The van der Waals surface area contributed by atoms with Crippen LogP contribution in [0, 0.1) is 0 Å². The Labute approximate surface area is 319 Å². The Morgan fingerprint density at radius 3 is 1.91 bits per heavy atom. The van der Waals surface area contributed by atoms with E-state index in [1.807, 2.05) is 18.2 Å². The first-order valence-electron chi connectivity index (χ1n) is 18.8. The standard InChI is InChI=1S/C52H34N2O/c1-52(39-18-6-3-7-19-39)44-22-11-10-21-41(44)42-26-23-38(31-45(42)52)47-32-46(53-51(54-47)34-14-4-2-5-15-34)37-17-12-16-35(29-37)36-25-27-48-43(30-36)50-40-20-9-8-13-33(40)24-28-49(50)55-48/h2-32H,1H3. The van der Waals surface area contributed by atoms with Gasteiger partial charge in [0, 0.05) is 32.9 Å². The first-order valence-corrected chi connectivity index (χ1v) is 18.8. The van der Waals surface area contributed by atoms with Crippen LogP contribution in [0.3, 0.4) is 0 Å². The van der Waals surface area contributed by atoms with Crippen molar-refractivity contribution in [2.45, 2.75) is 12.3 Å². The predicted molar refractivity (Wildman–Crippen MR) is 226 cm³/mol. The highest BCUT2D eigenvalue weighted by Gasteiger charge is 2.40. The molecule has 1 aliphatic rings. The highest BCUT2D eigenvalue weighted by molar-refractivity contribution is 6.19. The molecule has 0 N–H and O–H groups in total. The molecule has 0 saturated carbocycles. The molecule has 2 heterocycles. The Bertz CT molecular complexity index is 3110. The minimum atomic E-state index is -0.302. The summed E-state index contributed by atoms with van der Waals surface area (Å²) in [6.45, 7) is 2.36. The van der Waals surface area contributed by atoms with Crippen LogP contribution < -0.4 is 0 Å². The Hall–Kier alpha value is -7.10. The second kappa shape index (κ2) is 12.2. The number of furan rings is 1. The van der Waals surface area contributed by atoms with E-state index in [-0.39, 0.29) is 5.41 Å². The molecule has 1 unspecified atom stereocenters. The van der Waals surface area contributed by atoms with E-state index in [4.69, 9.17) is 14.4 Å². The molecule has 0 radical (unpaired) electrons. The summed E-state index contributed by atoms with van der Waals surface area (Å²) in [6.07, 6.45) is 0. The topological polar surface area (TPSA) is 38.9 Å². The molecule has 1 aliphatic carbocycles. The van der Waals surface area contributed by atoms with E-state index < -0.39 is 0 Å². The Morgan fingerprint density at radius 2 is 1.05 bits per heavy atom. The number of benzene rings is 8. The van der Waals surface area contributed by atoms with Gasteiger partial charge in [-0.25, -0.2) is 9.97 Å². The van der Waals surface area contributed by atoms with Crippen LogP contribution in [0.2, 0.25) is 0 Å². The zero-order valence-electron chi connectivity index (χ0n) is 30.2. The van der Waals surface area contributed by atoms with Crippen LogP contribution in [-0.2, 0) is 5.41 Å². The third-order valence-corrected chi connectivity index (χ3v) is 11.6. The SMILES string of the molecule is CC1(c2ccccc2)c2ccccc2-c2ccc(-c3cc(-c4cccc(-c5ccc6oc7ccc8ccccc8c7c6c5)c4)nc(-c4ccccc4)n3)cc21. The zero-order chi connectivity index (χ0) is 36.5. The van der Waals surface area contributed by atoms with Crippen molar-refractivity contribution < 1.29 is 4.42 Å². The van der Waals surface area contributed by atoms with Crippen LogP contribution in [0.5, 0.6) is 0 Å². The molecule has 0 amide bonds. The van der Waals surface area contributed by atoms with Crippen LogP contribution in [0.4, 0.5) is 0 Å². The second-order valence-electron chi connectivity index (χ2n) is 14.7. The molecule has 1 atom stereocenters. The van der Waals surface area contributed by atoms with Gasteiger partial charge in [0.2, 0.25) is 0 Å². The summed E-state index contributed by atoms with van der Waals surface area (Å²) in [6, 6.07) is 66.9. The Kier molecular flexibility index (Phi) is 6.99. The highest BCUT2D eigenvalue weighted by Crippen LogP contribution is 2.53. The van der Waals surface area contributed by atoms with Crippen molar-refractivity contribution in [1.82, 2.24) is 9.97 Å². The van der Waals surface area contributed by atoms with E-state index in [0.717, 1.165) is 61.1 Å². The van der Waals surface area contributed by atoms with Gasteiger partial charge in [0.05, 0.1) is 11.4 Å². The fourth-order valence-electron chi connectivity index (χ4n) is 8.78. The minimum absolute atomic E-state index is 0.302. The molecule has 258 valence electrons. The fourth-order valence-corrected chi connectivity index (χ4v) is 8.78. The summed E-state index contributed by atoms with van der Waals surface area (Å²) in [5.41, 5.74) is 15.0. The predicted octanol–water partition coefficient (Wildman–Crippen LogP) is 13.5. The van der Waals surface area contributed by atoms with E-state index in [2.05, 4.69) is 177 Å². The van der Waals surface area contributed by atoms with E-state index in [1.54, 1.807) is 0 Å². The van der Waals surface area contributed by atoms with Gasteiger partial charge < -0.3 is 4.42 Å². The van der Waals surface area contributed by atoms with Gasteiger partial charge in [-0.15, -0.1) is 0 Å². The third kappa shape index (κ3) is 4.97. The number of rotatable bonds is 5. The van der Waals surface area contributed by atoms with E-state index in [1.165, 1.54) is 38.6 Å². The largest absolute Gasteiger partial charge is 0.456 e. The van der Waals surface area contributed by atoms with Crippen molar-refractivity contribution in [3.63, 3.8) is 0 Å². The number of hydrogen-bond donors (Lipinski definition) is 0. The lowest BCUT2D eigenvalue weighted by Gasteiger charge is -2.28. The molecule has 0 fully saturated rings. The molecule has 0 bridgehead atoms. The molecule has 0 aliphatic heterocycles. The normalized spacial score (nSPS) is 14.7. The molecule has 8 aromatic carbocycles. The smallest absolute Gasteiger partial charge is 0.160 e. The maximum Gasteiger partial charge on any atom is 0.160 e. The van der Waals surface area contributed by atoms with Crippen LogP contribution in [0.15, 0.2) is 192 Å². The molecule has 55 heavy (non-hydrogen) atoms. The number of nitrogens with zero attached hydrogens (tertiary/aromatic N) is 2. The van der Waals surface area contributed by atoms with Crippen LogP contribution >= 0.6 is 0 Å². The Balaban J connectivity index is 1.06. The lowest BCUT2D eigenvalue weighted by molar-refractivity contribution is 0.669. The Morgan fingerprint density at radius 1 is 0.418 bits per heavy atom. The number of hydrogen-bond acceptors (Lipinski definition) is 3. The van der Waals surface area contributed by atoms with Gasteiger partial charge in [-0.3, -0.25) is 0 Å². The molecular formula is C52H34N2O. The van der Waals surface area contributed by atoms with E-state index >= 15 is 0 Å². The molecule has 0 spiro atoms. The summed E-state index contributed by atoms with van der Waals surface area (Å²) >= 11 is 0. The average Bonchev–Trinajstić information content (AvgIpc) is 3.77. The van der Waals surface area contributed by atoms with Gasteiger partial charge in [0.25, 0.3) is 0 Å². The molecule has 3 nitrogen and oxygen atoms in total. The highest BCUT2D eigenvalue weighted by atomic mass is 16.3. The molecule has 11 rings (SSSR count). The summed E-state index contributed by atoms with van der Waals surface area (Å²) in [4.78, 5) is 10.4. The number of aromatic nitrogens is 2. The van der Waals surface area contributed by atoms with Gasteiger partial charge in [-0.2, -0.15) is 0 Å². The quantitative estimate of drug-likeness (QED) is 0.179. The molecule has 0 saturated heterocycles. The van der Waals surface area contributed by atoms with E-state index in [9.17, 15) is 0 Å². The molecular weight excluding hydrogens is 669 g/mol. The maximum atomic E-state index is 6.32. The van der Waals surface area contributed by atoms with Gasteiger partial charge in [0.1, 0.15) is 11.2 Å². The van der Waals surface area contributed by atoms with Gasteiger partial charge in [-0.05, 0) is 93.0 Å². The summed E-state index contributed by atoms with van der Waals surface area (Å²) < 4.78 is 6.32. The number of fused-ring (bicyclic) bond motifs is 8.